The van der Waals surface area contributed by atoms with Gasteiger partial charge in [-0.1, -0.05) is 11.3 Å². The van der Waals surface area contributed by atoms with E-state index in [1.807, 2.05) is 0 Å². The van der Waals surface area contributed by atoms with Crippen molar-refractivity contribution in [3.05, 3.63) is 11.1 Å². The highest BCUT2D eigenvalue weighted by Gasteiger charge is 2.13. The first kappa shape index (κ1) is 18.5. The lowest BCUT2D eigenvalue weighted by Crippen LogP contribution is -2.41. The van der Waals surface area contributed by atoms with Crippen LogP contribution in [-0.4, -0.2) is 99.5 Å². The molecule has 1 aromatic rings. The van der Waals surface area contributed by atoms with Crippen LogP contribution in [0.2, 0.25) is 0 Å². The van der Waals surface area contributed by atoms with Crippen LogP contribution in [0.1, 0.15) is 9.67 Å². The zero-order valence-electron chi connectivity index (χ0n) is 14.5. The summed E-state index contributed by atoms with van der Waals surface area (Å²) in [7, 11) is 0. The molecule has 140 valence electrons. The Morgan fingerprint density at radius 2 is 1.64 bits per heavy atom. The molecular formula is C16H27N5O3S. The van der Waals surface area contributed by atoms with E-state index in [9.17, 15) is 4.79 Å². The van der Waals surface area contributed by atoms with Crippen molar-refractivity contribution in [2.24, 2.45) is 0 Å². The number of anilines is 1. The summed E-state index contributed by atoms with van der Waals surface area (Å²) in [5, 5.41) is 7.06. The van der Waals surface area contributed by atoms with E-state index < -0.39 is 0 Å². The molecule has 2 N–H and O–H groups in total. The smallest absolute Gasteiger partial charge is 0.263 e. The molecule has 2 aliphatic rings. The van der Waals surface area contributed by atoms with E-state index in [0.29, 0.717) is 11.4 Å². The molecule has 0 aliphatic carbocycles. The highest BCUT2D eigenvalue weighted by Crippen LogP contribution is 2.17. The van der Waals surface area contributed by atoms with Crippen LogP contribution in [0.25, 0.3) is 0 Å². The minimum Gasteiger partial charge on any atom is -0.379 e. The second-order valence-corrected chi connectivity index (χ2v) is 7.15. The normalized spacial score (nSPS) is 19.7. The molecule has 25 heavy (non-hydrogen) atoms. The first-order chi connectivity index (χ1) is 12.3. The third-order valence-corrected chi connectivity index (χ3v) is 5.31. The van der Waals surface area contributed by atoms with E-state index in [1.54, 1.807) is 6.20 Å². The molecule has 8 nitrogen and oxygen atoms in total. The molecule has 0 spiro atoms. The number of nitrogens with one attached hydrogen (secondary N) is 2. The minimum atomic E-state index is -0.0491. The van der Waals surface area contributed by atoms with Crippen LogP contribution in [0.4, 0.5) is 5.13 Å². The van der Waals surface area contributed by atoms with Crippen LogP contribution in [-0.2, 0) is 9.47 Å². The van der Waals surface area contributed by atoms with Crippen molar-refractivity contribution in [1.29, 1.82) is 0 Å². The van der Waals surface area contributed by atoms with Crippen molar-refractivity contribution in [2.75, 3.05) is 84.1 Å². The maximum absolute atomic E-state index is 12.2. The third kappa shape index (κ3) is 6.19. The van der Waals surface area contributed by atoms with E-state index >= 15 is 0 Å². The standard InChI is InChI=1S/C16H27N5O3S/c22-15(17-1-3-20-5-9-23-10-6-20)14-13-19-16(25-14)18-2-4-21-7-11-24-12-8-21/h13H,1-12H2,(H,17,22)(H,18,19). The molecule has 2 aliphatic heterocycles. The number of nitrogens with zero attached hydrogens (tertiary/aromatic N) is 3. The summed E-state index contributed by atoms with van der Waals surface area (Å²) in [6, 6.07) is 0. The number of carbonyl (C=O) groups is 1. The molecule has 0 unspecified atom stereocenters. The number of rotatable bonds is 8. The van der Waals surface area contributed by atoms with Gasteiger partial charge in [-0.2, -0.15) is 0 Å². The van der Waals surface area contributed by atoms with Crippen molar-refractivity contribution >= 4 is 22.4 Å². The number of thiazole rings is 1. The highest BCUT2D eigenvalue weighted by atomic mass is 32.1. The first-order valence-electron chi connectivity index (χ1n) is 8.89. The van der Waals surface area contributed by atoms with Gasteiger partial charge in [0.2, 0.25) is 0 Å². The van der Waals surface area contributed by atoms with Gasteiger partial charge < -0.3 is 20.1 Å². The predicted octanol–water partition coefficient (Wildman–Crippen LogP) is -0.0508. The lowest BCUT2D eigenvalue weighted by molar-refractivity contribution is 0.0383. The van der Waals surface area contributed by atoms with Gasteiger partial charge in [0.25, 0.3) is 5.91 Å². The van der Waals surface area contributed by atoms with E-state index in [1.165, 1.54) is 11.3 Å². The largest absolute Gasteiger partial charge is 0.379 e. The Morgan fingerprint density at radius 3 is 2.28 bits per heavy atom. The number of aromatic nitrogens is 1. The fraction of sp³-hybridized carbons (Fsp3) is 0.750. The summed E-state index contributed by atoms with van der Waals surface area (Å²) in [6.45, 7) is 10.3. The summed E-state index contributed by atoms with van der Waals surface area (Å²) in [5.74, 6) is -0.0491. The fourth-order valence-corrected chi connectivity index (χ4v) is 3.60. The molecule has 0 radical (unpaired) electrons. The molecule has 0 saturated carbocycles. The van der Waals surface area contributed by atoms with Gasteiger partial charge in [-0.3, -0.25) is 14.6 Å². The second kappa shape index (κ2) is 10.0. The zero-order chi connectivity index (χ0) is 17.3. The van der Waals surface area contributed by atoms with Crippen LogP contribution in [0.15, 0.2) is 6.20 Å². The van der Waals surface area contributed by atoms with Crippen LogP contribution >= 0.6 is 11.3 Å². The number of carbonyl (C=O) groups excluding carboxylic acids is 1. The molecule has 3 heterocycles. The van der Waals surface area contributed by atoms with Crippen LogP contribution in [0, 0.1) is 0 Å². The average molecular weight is 369 g/mol. The Bertz CT molecular complexity index is 530. The van der Waals surface area contributed by atoms with E-state index in [4.69, 9.17) is 9.47 Å². The number of amides is 1. The van der Waals surface area contributed by atoms with E-state index in [0.717, 1.165) is 77.4 Å². The average Bonchev–Trinajstić information content (AvgIpc) is 3.12. The molecule has 1 aromatic heterocycles. The van der Waals surface area contributed by atoms with E-state index in [2.05, 4.69) is 25.4 Å². The summed E-state index contributed by atoms with van der Waals surface area (Å²) in [6.07, 6.45) is 1.64. The van der Waals surface area contributed by atoms with Gasteiger partial charge in [0.1, 0.15) is 4.88 Å². The van der Waals surface area contributed by atoms with Gasteiger partial charge in [-0.05, 0) is 0 Å². The molecular weight excluding hydrogens is 342 g/mol. The van der Waals surface area contributed by atoms with Crippen molar-refractivity contribution in [3.8, 4) is 0 Å². The van der Waals surface area contributed by atoms with Gasteiger partial charge in [-0.25, -0.2) is 4.98 Å². The Morgan fingerprint density at radius 1 is 1.04 bits per heavy atom. The predicted molar refractivity (Wildman–Crippen MR) is 97.5 cm³/mol. The molecule has 9 heteroatoms. The van der Waals surface area contributed by atoms with Crippen LogP contribution in [0.5, 0.6) is 0 Å². The van der Waals surface area contributed by atoms with Gasteiger partial charge in [0.15, 0.2) is 5.13 Å². The molecule has 0 aromatic carbocycles. The van der Waals surface area contributed by atoms with Crippen molar-refractivity contribution in [1.82, 2.24) is 20.1 Å². The number of morpholine rings is 2. The lowest BCUT2D eigenvalue weighted by Gasteiger charge is -2.26. The molecule has 3 rings (SSSR count). The zero-order valence-corrected chi connectivity index (χ0v) is 15.4. The van der Waals surface area contributed by atoms with E-state index in [-0.39, 0.29) is 5.91 Å². The maximum atomic E-state index is 12.2. The quantitative estimate of drug-likeness (QED) is 0.665. The van der Waals surface area contributed by atoms with Gasteiger partial charge >= 0.3 is 0 Å². The summed E-state index contributed by atoms with van der Waals surface area (Å²) >= 11 is 1.40. The minimum absolute atomic E-state index is 0.0491. The molecule has 2 fully saturated rings. The first-order valence-corrected chi connectivity index (χ1v) is 9.71. The fourth-order valence-electron chi connectivity index (χ4n) is 2.85. The van der Waals surface area contributed by atoms with Gasteiger partial charge in [0.05, 0.1) is 32.6 Å². The topological polar surface area (TPSA) is 79.0 Å². The molecule has 2 saturated heterocycles. The number of hydrogen-bond donors (Lipinski definition) is 2. The summed E-state index contributed by atoms with van der Waals surface area (Å²) < 4.78 is 10.7. The molecule has 0 bridgehead atoms. The van der Waals surface area contributed by atoms with Crippen molar-refractivity contribution in [2.45, 2.75) is 0 Å². The highest BCUT2D eigenvalue weighted by molar-refractivity contribution is 7.17. The Kier molecular flexibility index (Phi) is 7.43. The summed E-state index contributed by atoms with van der Waals surface area (Å²) in [5.41, 5.74) is 0. The van der Waals surface area contributed by atoms with Crippen LogP contribution in [0.3, 0.4) is 0 Å². The van der Waals surface area contributed by atoms with Gasteiger partial charge in [-0.15, -0.1) is 0 Å². The second-order valence-electron chi connectivity index (χ2n) is 6.12. The Labute approximate surface area is 152 Å². The Hall–Kier alpha value is -1.26. The number of hydrogen-bond acceptors (Lipinski definition) is 8. The maximum Gasteiger partial charge on any atom is 0.263 e. The molecule has 1 amide bonds. The summed E-state index contributed by atoms with van der Waals surface area (Å²) in [4.78, 5) is 21.8. The monoisotopic (exact) mass is 369 g/mol. The van der Waals surface area contributed by atoms with Crippen molar-refractivity contribution < 1.29 is 14.3 Å². The van der Waals surface area contributed by atoms with Gasteiger partial charge in [0, 0.05) is 52.4 Å². The lowest BCUT2D eigenvalue weighted by atomic mass is 10.4. The molecule has 0 atom stereocenters. The Balaban J connectivity index is 1.33. The van der Waals surface area contributed by atoms with Crippen molar-refractivity contribution in [3.63, 3.8) is 0 Å². The SMILES string of the molecule is O=C(NCCN1CCOCC1)c1cnc(NCCN2CCOCC2)s1. The third-order valence-electron chi connectivity index (χ3n) is 4.35. The van der Waals surface area contributed by atoms with Crippen LogP contribution < -0.4 is 10.6 Å². The number of ether oxygens (including phenoxy) is 2.